The fraction of sp³-hybridized carbons (Fsp3) is 0.167. The molecule has 6 heteroatoms. The van der Waals surface area contributed by atoms with Crippen molar-refractivity contribution in [2.75, 3.05) is 5.73 Å². The summed E-state index contributed by atoms with van der Waals surface area (Å²) in [6.45, 7) is 1.83. The van der Waals surface area contributed by atoms with E-state index in [1.807, 2.05) is 6.92 Å². The van der Waals surface area contributed by atoms with Gasteiger partial charge in [0.2, 0.25) is 5.95 Å². The highest BCUT2D eigenvalue weighted by Crippen LogP contribution is 2.13. The number of hydrogen-bond donors (Lipinski definition) is 1. The van der Waals surface area contributed by atoms with Crippen LogP contribution in [0.2, 0.25) is 0 Å². The van der Waals surface area contributed by atoms with Crippen molar-refractivity contribution in [1.82, 2.24) is 9.66 Å². The largest absolute Gasteiger partial charge is 0.368 e. The zero-order valence-electron chi connectivity index (χ0n) is 9.77. The van der Waals surface area contributed by atoms with Crippen molar-refractivity contribution in [3.05, 3.63) is 47.0 Å². The molecular weight excluding hydrogens is 299 g/mol. The molecule has 0 atom stereocenters. The van der Waals surface area contributed by atoms with Crippen LogP contribution < -0.4 is 5.73 Å². The molecule has 0 saturated carbocycles. The predicted octanol–water partition coefficient (Wildman–Crippen LogP) is 2.69. The van der Waals surface area contributed by atoms with Crippen LogP contribution >= 0.6 is 15.9 Å². The lowest BCUT2D eigenvalue weighted by Crippen LogP contribution is -1.98. The lowest BCUT2D eigenvalue weighted by Gasteiger charge is -2.02. The molecule has 0 spiro atoms. The van der Waals surface area contributed by atoms with E-state index in [0.717, 1.165) is 11.3 Å². The summed E-state index contributed by atoms with van der Waals surface area (Å²) >= 11 is 3.35. The lowest BCUT2D eigenvalue weighted by atomic mass is 10.1. The van der Waals surface area contributed by atoms with Gasteiger partial charge in [-0.15, -0.1) is 0 Å². The van der Waals surface area contributed by atoms with Crippen molar-refractivity contribution in [3.63, 3.8) is 0 Å². The smallest absolute Gasteiger partial charge is 0.221 e. The van der Waals surface area contributed by atoms with Crippen LogP contribution in [-0.4, -0.2) is 15.9 Å². The highest BCUT2D eigenvalue weighted by Gasteiger charge is 2.02. The maximum absolute atomic E-state index is 13.2. The first-order valence-corrected chi connectivity index (χ1v) is 6.42. The van der Waals surface area contributed by atoms with Crippen LogP contribution in [0.4, 0.5) is 10.3 Å². The first kappa shape index (κ1) is 12.8. The Morgan fingerprint density at radius 1 is 1.56 bits per heavy atom. The Morgan fingerprint density at radius 3 is 2.94 bits per heavy atom. The van der Waals surface area contributed by atoms with Gasteiger partial charge in [0.1, 0.15) is 5.82 Å². The summed E-state index contributed by atoms with van der Waals surface area (Å²) in [4.78, 5) is 4.03. The van der Waals surface area contributed by atoms with Crippen LogP contribution in [0.25, 0.3) is 0 Å². The fourth-order valence-corrected chi connectivity index (χ4v) is 2.04. The molecule has 0 amide bonds. The molecule has 0 fully saturated rings. The third-order valence-corrected chi connectivity index (χ3v) is 3.01. The predicted molar refractivity (Wildman–Crippen MR) is 73.4 cm³/mol. The van der Waals surface area contributed by atoms with Crippen molar-refractivity contribution >= 4 is 28.1 Å². The molecule has 0 aliphatic carbocycles. The average Bonchev–Trinajstić information content (AvgIpc) is 2.65. The molecule has 1 aromatic heterocycles. The molecule has 0 aliphatic heterocycles. The van der Waals surface area contributed by atoms with Crippen molar-refractivity contribution in [2.24, 2.45) is 5.10 Å². The molecule has 0 radical (unpaired) electrons. The first-order chi connectivity index (χ1) is 8.60. The second-order valence-corrected chi connectivity index (χ2v) is 4.37. The fourth-order valence-electron chi connectivity index (χ4n) is 1.53. The molecule has 2 rings (SSSR count). The van der Waals surface area contributed by atoms with E-state index in [1.165, 1.54) is 16.8 Å². The van der Waals surface area contributed by atoms with Crippen molar-refractivity contribution < 1.29 is 4.39 Å². The first-order valence-electron chi connectivity index (χ1n) is 5.30. The number of imidazole rings is 1. The number of aryl methyl sites for hydroxylation is 1. The zero-order chi connectivity index (χ0) is 13.1. The van der Waals surface area contributed by atoms with Gasteiger partial charge < -0.3 is 5.73 Å². The molecule has 1 heterocycles. The molecule has 0 unspecified atom stereocenters. The summed E-state index contributed by atoms with van der Waals surface area (Å²) in [6.07, 6.45) is 3.27. The maximum Gasteiger partial charge on any atom is 0.221 e. The van der Waals surface area contributed by atoms with Crippen LogP contribution in [0.3, 0.4) is 0 Å². The summed E-state index contributed by atoms with van der Waals surface area (Å²) in [5.41, 5.74) is 8.10. The number of benzene rings is 1. The molecular formula is C12H12BrFN4. The van der Waals surface area contributed by atoms with E-state index in [4.69, 9.17) is 5.73 Å². The van der Waals surface area contributed by atoms with Gasteiger partial charge in [0.15, 0.2) is 0 Å². The Labute approximate surface area is 112 Å². The van der Waals surface area contributed by atoms with Crippen LogP contribution in [0.15, 0.2) is 29.5 Å². The normalized spacial score (nSPS) is 11.3. The van der Waals surface area contributed by atoms with E-state index >= 15 is 0 Å². The number of nitrogen functional groups attached to an aromatic ring is 1. The molecule has 18 heavy (non-hydrogen) atoms. The van der Waals surface area contributed by atoms with Crippen LogP contribution in [0.5, 0.6) is 0 Å². The quantitative estimate of drug-likeness (QED) is 0.700. The van der Waals surface area contributed by atoms with Gasteiger partial charge in [-0.3, -0.25) is 0 Å². The van der Waals surface area contributed by atoms with Gasteiger partial charge >= 0.3 is 0 Å². The number of anilines is 1. The molecule has 0 aliphatic rings. The zero-order valence-corrected chi connectivity index (χ0v) is 11.4. The SMILES string of the molecule is Cc1cn(N=Cc2cc(F)ccc2CBr)c(N)n1. The highest BCUT2D eigenvalue weighted by atomic mass is 79.9. The number of nitrogens with two attached hydrogens (primary N) is 1. The van der Waals surface area contributed by atoms with Gasteiger partial charge in [-0.25, -0.2) is 14.1 Å². The summed E-state index contributed by atoms with van der Waals surface area (Å²) in [6, 6.07) is 4.57. The number of halogens is 2. The Bertz CT molecular complexity index is 592. The van der Waals surface area contributed by atoms with Gasteiger partial charge in [-0.05, 0) is 24.6 Å². The van der Waals surface area contributed by atoms with Gasteiger partial charge in [-0.1, -0.05) is 22.0 Å². The van der Waals surface area contributed by atoms with Gasteiger partial charge in [-0.2, -0.15) is 5.10 Å². The van der Waals surface area contributed by atoms with E-state index in [0.29, 0.717) is 16.8 Å². The lowest BCUT2D eigenvalue weighted by molar-refractivity contribution is 0.627. The number of rotatable bonds is 3. The van der Waals surface area contributed by atoms with E-state index in [1.54, 1.807) is 18.5 Å². The van der Waals surface area contributed by atoms with Crippen molar-refractivity contribution in [1.29, 1.82) is 0 Å². The summed E-state index contributed by atoms with van der Waals surface area (Å²) in [7, 11) is 0. The maximum atomic E-state index is 13.2. The number of nitrogens with zero attached hydrogens (tertiary/aromatic N) is 3. The number of hydrogen-bond acceptors (Lipinski definition) is 3. The van der Waals surface area contributed by atoms with E-state index in [-0.39, 0.29) is 5.82 Å². The second-order valence-electron chi connectivity index (χ2n) is 3.81. The van der Waals surface area contributed by atoms with E-state index in [2.05, 4.69) is 26.0 Å². The Balaban J connectivity index is 2.33. The minimum atomic E-state index is -0.295. The third-order valence-electron chi connectivity index (χ3n) is 2.41. The second kappa shape index (κ2) is 5.30. The standard InChI is InChI=1S/C12H12BrFN4/c1-8-7-18(12(15)17-8)16-6-10-4-11(14)3-2-9(10)5-13/h2-4,6-7H,5H2,1H3,(H2,15,17). The van der Waals surface area contributed by atoms with Crippen molar-refractivity contribution in [2.45, 2.75) is 12.3 Å². The molecule has 0 bridgehead atoms. The summed E-state index contributed by atoms with van der Waals surface area (Å²) in [5, 5.41) is 4.80. The minimum Gasteiger partial charge on any atom is -0.368 e. The van der Waals surface area contributed by atoms with E-state index in [9.17, 15) is 4.39 Å². The van der Waals surface area contributed by atoms with Gasteiger partial charge in [0.25, 0.3) is 0 Å². The Kier molecular flexibility index (Phi) is 3.76. The molecule has 2 N–H and O–H groups in total. The Morgan fingerprint density at radius 2 is 2.33 bits per heavy atom. The molecule has 0 saturated heterocycles. The molecule has 4 nitrogen and oxygen atoms in total. The third kappa shape index (κ3) is 2.76. The number of aromatic nitrogens is 2. The van der Waals surface area contributed by atoms with Crippen molar-refractivity contribution in [3.8, 4) is 0 Å². The topological polar surface area (TPSA) is 56.2 Å². The van der Waals surface area contributed by atoms with Crippen LogP contribution in [0, 0.1) is 12.7 Å². The molecule has 2 aromatic rings. The molecule has 94 valence electrons. The van der Waals surface area contributed by atoms with Crippen LogP contribution in [0.1, 0.15) is 16.8 Å². The minimum absolute atomic E-state index is 0.295. The van der Waals surface area contributed by atoms with Crippen LogP contribution in [-0.2, 0) is 5.33 Å². The summed E-state index contributed by atoms with van der Waals surface area (Å²) in [5.74, 6) is 0.0106. The highest BCUT2D eigenvalue weighted by molar-refractivity contribution is 9.08. The molecule has 1 aromatic carbocycles. The Hall–Kier alpha value is -1.69. The van der Waals surface area contributed by atoms with Gasteiger partial charge in [0, 0.05) is 10.9 Å². The average molecular weight is 311 g/mol. The number of alkyl halides is 1. The summed E-state index contributed by atoms with van der Waals surface area (Å²) < 4.78 is 14.6. The van der Waals surface area contributed by atoms with E-state index < -0.39 is 0 Å². The monoisotopic (exact) mass is 310 g/mol. The van der Waals surface area contributed by atoms with Gasteiger partial charge in [0.05, 0.1) is 18.1 Å².